The van der Waals surface area contributed by atoms with Crippen LogP contribution in [0.1, 0.15) is 31.9 Å². The molecule has 0 aliphatic heterocycles. The highest BCUT2D eigenvalue weighted by Crippen LogP contribution is 2.15. The quantitative estimate of drug-likeness (QED) is 0.645. The maximum absolute atomic E-state index is 11.7. The van der Waals surface area contributed by atoms with Gasteiger partial charge in [-0.25, -0.2) is 4.79 Å². The molecule has 6 heteroatoms. The molecule has 0 aliphatic rings. The number of urea groups is 1. The van der Waals surface area contributed by atoms with E-state index in [9.17, 15) is 9.00 Å². The molecule has 2 atom stereocenters. The number of carbonyl (C=O) groups excluding carboxylic acids is 1. The zero-order valence-corrected chi connectivity index (χ0v) is 13.8. The molecule has 0 fully saturated rings. The van der Waals surface area contributed by atoms with Crippen molar-refractivity contribution in [3.05, 3.63) is 29.8 Å². The molecule has 0 aliphatic carbocycles. The predicted molar refractivity (Wildman–Crippen MR) is 89.1 cm³/mol. The van der Waals surface area contributed by atoms with Crippen LogP contribution in [-0.4, -0.2) is 35.3 Å². The molecule has 1 aromatic rings. The first-order valence-corrected chi connectivity index (χ1v) is 8.94. The minimum Gasteiger partial charge on any atom is -0.338 e. The third kappa shape index (κ3) is 7.24. The fourth-order valence-corrected chi connectivity index (χ4v) is 2.48. The van der Waals surface area contributed by atoms with Crippen molar-refractivity contribution in [3.8, 4) is 0 Å². The fourth-order valence-electron chi connectivity index (χ4n) is 1.93. The summed E-state index contributed by atoms with van der Waals surface area (Å²) >= 11 is 0. The Labute approximate surface area is 129 Å². The number of hydrogen-bond acceptors (Lipinski definition) is 3. The fraction of sp³-hybridized carbons (Fsp3) is 0.533. The largest absolute Gasteiger partial charge is 0.338 e. The van der Waals surface area contributed by atoms with E-state index in [1.165, 1.54) is 5.56 Å². The second kappa shape index (κ2) is 9.52. The number of rotatable bonds is 8. The molecule has 0 saturated heterocycles. The Morgan fingerprint density at radius 1 is 1.29 bits per heavy atom. The van der Waals surface area contributed by atoms with Crippen LogP contribution in [0.3, 0.4) is 0 Å². The summed E-state index contributed by atoms with van der Waals surface area (Å²) in [5.74, 6) is 0.608. The maximum Gasteiger partial charge on any atom is 0.319 e. The lowest BCUT2D eigenvalue weighted by Crippen LogP contribution is -2.30. The molecule has 1 rings (SSSR count). The topological polar surface area (TPSA) is 70.2 Å². The van der Waals surface area contributed by atoms with Gasteiger partial charge >= 0.3 is 6.03 Å². The van der Waals surface area contributed by atoms with Crippen LogP contribution in [0.15, 0.2) is 24.3 Å². The molecule has 0 aromatic heterocycles. The Morgan fingerprint density at radius 3 is 2.52 bits per heavy atom. The van der Waals surface area contributed by atoms with E-state index in [0.717, 1.165) is 18.7 Å². The van der Waals surface area contributed by atoms with Crippen molar-refractivity contribution >= 4 is 22.5 Å². The van der Waals surface area contributed by atoms with Crippen LogP contribution in [0.4, 0.5) is 10.5 Å². The van der Waals surface area contributed by atoms with Crippen LogP contribution in [0, 0.1) is 0 Å². The van der Waals surface area contributed by atoms with Gasteiger partial charge in [-0.1, -0.05) is 19.1 Å². The minimum absolute atomic E-state index is 0.232. The van der Waals surface area contributed by atoms with E-state index < -0.39 is 10.8 Å². The SMILES string of the molecule is CCNC(C)c1ccc(NC(=O)NCCCS(C)=O)cc1. The van der Waals surface area contributed by atoms with Crippen LogP contribution < -0.4 is 16.0 Å². The first kappa shape index (κ1) is 17.7. The number of amides is 2. The lowest BCUT2D eigenvalue weighted by molar-refractivity contribution is 0.252. The molecular weight excluding hydrogens is 286 g/mol. The average Bonchev–Trinajstić information content (AvgIpc) is 2.44. The van der Waals surface area contributed by atoms with Crippen LogP contribution in [0.25, 0.3) is 0 Å². The molecule has 0 radical (unpaired) electrons. The molecule has 3 N–H and O–H groups in total. The van der Waals surface area contributed by atoms with E-state index >= 15 is 0 Å². The van der Waals surface area contributed by atoms with E-state index in [0.29, 0.717) is 18.3 Å². The highest BCUT2D eigenvalue weighted by atomic mass is 32.2. The molecule has 2 unspecified atom stereocenters. The Kier molecular flexibility index (Phi) is 8.00. The summed E-state index contributed by atoms with van der Waals surface area (Å²) in [6, 6.07) is 7.86. The molecular formula is C15H25N3O2S. The lowest BCUT2D eigenvalue weighted by atomic mass is 10.1. The summed E-state index contributed by atoms with van der Waals surface area (Å²) in [4.78, 5) is 11.7. The van der Waals surface area contributed by atoms with Crippen LogP contribution in [0.2, 0.25) is 0 Å². The third-order valence-corrected chi connectivity index (χ3v) is 3.94. The van der Waals surface area contributed by atoms with Crippen molar-refractivity contribution in [1.82, 2.24) is 10.6 Å². The second-order valence-corrected chi connectivity index (χ2v) is 6.47. The summed E-state index contributed by atoms with van der Waals surface area (Å²) in [6.07, 6.45) is 2.38. The van der Waals surface area contributed by atoms with E-state index in [1.54, 1.807) is 6.26 Å². The Bertz CT molecular complexity index is 462. The summed E-state index contributed by atoms with van der Waals surface area (Å²) in [6.45, 7) is 5.63. The molecule has 21 heavy (non-hydrogen) atoms. The van der Waals surface area contributed by atoms with Gasteiger partial charge in [0.2, 0.25) is 0 Å². The minimum atomic E-state index is -0.805. The first-order chi connectivity index (χ1) is 10.0. The molecule has 2 amide bonds. The molecule has 0 heterocycles. The highest BCUT2D eigenvalue weighted by Gasteiger charge is 2.05. The summed E-state index contributed by atoms with van der Waals surface area (Å²) in [5, 5.41) is 8.87. The van der Waals surface area contributed by atoms with Crippen molar-refractivity contribution < 1.29 is 9.00 Å². The van der Waals surface area contributed by atoms with Crippen molar-refractivity contribution in [2.24, 2.45) is 0 Å². The maximum atomic E-state index is 11.7. The van der Waals surface area contributed by atoms with Crippen LogP contribution in [-0.2, 0) is 10.8 Å². The van der Waals surface area contributed by atoms with Crippen LogP contribution >= 0.6 is 0 Å². The van der Waals surface area contributed by atoms with Gasteiger partial charge < -0.3 is 16.0 Å². The number of benzene rings is 1. The summed E-state index contributed by atoms with van der Waals surface area (Å²) in [7, 11) is -0.805. The Morgan fingerprint density at radius 2 is 1.95 bits per heavy atom. The smallest absolute Gasteiger partial charge is 0.319 e. The predicted octanol–water partition coefficient (Wildman–Crippen LogP) is 2.25. The molecule has 0 saturated carbocycles. The Balaban J connectivity index is 2.37. The molecule has 0 spiro atoms. The molecule has 0 bridgehead atoms. The monoisotopic (exact) mass is 311 g/mol. The zero-order valence-electron chi connectivity index (χ0n) is 12.9. The van der Waals surface area contributed by atoms with E-state index in [1.807, 2.05) is 24.3 Å². The van der Waals surface area contributed by atoms with Gasteiger partial charge in [0.1, 0.15) is 0 Å². The van der Waals surface area contributed by atoms with Gasteiger partial charge in [0.15, 0.2) is 0 Å². The van der Waals surface area contributed by atoms with Gasteiger partial charge in [0, 0.05) is 41.1 Å². The van der Waals surface area contributed by atoms with Gasteiger partial charge in [0.05, 0.1) is 0 Å². The van der Waals surface area contributed by atoms with Gasteiger partial charge in [0.25, 0.3) is 0 Å². The van der Waals surface area contributed by atoms with Crippen molar-refractivity contribution in [1.29, 1.82) is 0 Å². The van der Waals surface area contributed by atoms with E-state index in [-0.39, 0.29) is 6.03 Å². The number of hydrogen-bond donors (Lipinski definition) is 3. The van der Waals surface area contributed by atoms with Crippen molar-refractivity contribution in [2.45, 2.75) is 26.3 Å². The molecule has 5 nitrogen and oxygen atoms in total. The zero-order chi connectivity index (χ0) is 15.7. The van der Waals surface area contributed by atoms with Gasteiger partial charge in [-0.2, -0.15) is 0 Å². The third-order valence-electron chi connectivity index (χ3n) is 3.07. The van der Waals surface area contributed by atoms with E-state index in [4.69, 9.17) is 0 Å². The first-order valence-electron chi connectivity index (χ1n) is 7.21. The van der Waals surface area contributed by atoms with Crippen molar-refractivity contribution in [3.63, 3.8) is 0 Å². The highest BCUT2D eigenvalue weighted by molar-refractivity contribution is 7.84. The van der Waals surface area contributed by atoms with Crippen molar-refractivity contribution in [2.75, 3.05) is 30.4 Å². The summed E-state index contributed by atoms with van der Waals surface area (Å²) in [5.41, 5.74) is 1.95. The van der Waals surface area contributed by atoms with Gasteiger partial charge in [-0.05, 0) is 37.6 Å². The Hall–Kier alpha value is -1.40. The van der Waals surface area contributed by atoms with Crippen LogP contribution in [0.5, 0.6) is 0 Å². The molecule has 1 aromatic carbocycles. The second-order valence-electron chi connectivity index (χ2n) is 4.91. The van der Waals surface area contributed by atoms with Gasteiger partial charge in [-0.15, -0.1) is 0 Å². The molecule has 118 valence electrons. The van der Waals surface area contributed by atoms with E-state index in [2.05, 4.69) is 29.8 Å². The number of nitrogens with one attached hydrogen (secondary N) is 3. The summed E-state index contributed by atoms with van der Waals surface area (Å²) < 4.78 is 10.9. The standard InChI is InChI=1S/C15H25N3O2S/c1-4-16-12(2)13-6-8-14(9-7-13)18-15(19)17-10-5-11-21(3)20/h6-9,12,16H,4-5,10-11H2,1-3H3,(H2,17,18,19). The average molecular weight is 311 g/mol. The number of anilines is 1. The van der Waals surface area contributed by atoms with Gasteiger partial charge in [-0.3, -0.25) is 4.21 Å². The number of carbonyl (C=O) groups is 1. The lowest BCUT2D eigenvalue weighted by Gasteiger charge is -2.13. The normalized spacial score (nSPS) is 13.5.